The van der Waals surface area contributed by atoms with Crippen LogP contribution in [0.1, 0.15) is 43.8 Å². The summed E-state index contributed by atoms with van der Waals surface area (Å²) in [6.45, 7) is 9.77. The van der Waals surface area contributed by atoms with Crippen LogP contribution in [0.2, 0.25) is 0 Å². The average Bonchev–Trinajstić information content (AvgIpc) is 2.93. The minimum Gasteiger partial charge on any atom is -0.371 e. The van der Waals surface area contributed by atoms with Crippen molar-refractivity contribution in [3.8, 4) is 11.5 Å². The molecule has 0 bridgehead atoms. The summed E-state index contributed by atoms with van der Waals surface area (Å²) in [5, 5.41) is 6.99. The standard InChI is InChI=1S/C30H36N8/c1-21(2)20-33-24-13-17-38(18-14-24)25-9-7-23(8-10-25)19-29-31-15-11-27(36-29)35-28-12-16-32-30(37-28)26-6-4-5-22(3)34-26/h4-12,15-16,21,24,33H,13-14,17-20H2,1-3H3,(H,31,32,35,36,37). The fraction of sp³-hybridized carbons (Fsp3) is 0.367. The van der Waals surface area contributed by atoms with Gasteiger partial charge in [-0.25, -0.2) is 24.9 Å². The lowest BCUT2D eigenvalue weighted by atomic mass is 10.0. The Morgan fingerprint density at radius 2 is 1.61 bits per heavy atom. The summed E-state index contributed by atoms with van der Waals surface area (Å²) in [4.78, 5) is 25.2. The van der Waals surface area contributed by atoms with Crippen LogP contribution in [0.5, 0.6) is 0 Å². The van der Waals surface area contributed by atoms with E-state index in [-0.39, 0.29) is 0 Å². The van der Waals surface area contributed by atoms with Crippen LogP contribution in [0, 0.1) is 12.8 Å². The van der Waals surface area contributed by atoms with Crippen molar-refractivity contribution < 1.29 is 0 Å². The zero-order chi connectivity index (χ0) is 26.3. The van der Waals surface area contributed by atoms with E-state index in [1.165, 1.54) is 24.1 Å². The summed E-state index contributed by atoms with van der Waals surface area (Å²) < 4.78 is 0. The number of nitrogens with one attached hydrogen (secondary N) is 2. The molecule has 38 heavy (non-hydrogen) atoms. The number of anilines is 3. The van der Waals surface area contributed by atoms with Gasteiger partial charge in [-0.3, -0.25) is 0 Å². The van der Waals surface area contributed by atoms with Crippen molar-refractivity contribution in [3.63, 3.8) is 0 Å². The Morgan fingerprint density at radius 3 is 2.34 bits per heavy atom. The van der Waals surface area contributed by atoms with E-state index in [0.717, 1.165) is 36.8 Å². The maximum absolute atomic E-state index is 4.71. The quantitative estimate of drug-likeness (QED) is 0.319. The summed E-state index contributed by atoms with van der Waals surface area (Å²) >= 11 is 0. The summed E-state index contributed by atoms with van der Waals surface area (Å²) in [5.74, 6) is 3.39. The third-order valence-corrected chi connectivity index (χ3v) is 6.71. The molecule has 0 radical (unpaired) electrons. The first-order chi connectivity index (χ1) is 18.5. The van der Waals surface area contributed by atoms with Gasteiger partial charge in [0, 0.05) is 49.3 Å². The van der Waals surface area contributed by atoms with Gasteiger partial charge in [-0.2, -0.15) is 0 Å². The highest BCUT2D eigenvalue weighted by Crippen LogP contribution is 2.22. The SMILES string of the molecule is Cc1cccc(-c2nccc(Nc3ccnc(Cc4ccc(N5CCC(NCC(C)C)CC5)cc4)n3)n2)n1. The number of aromatic nitrogens is 5. The molecule has 1 fully saturated rings. The first-order valence-electron chi connectivity index (χ1n) is 13.4. The van der Waals surface area contributed by atoms with E-state index in [9.17, 15) is 0 Å². The van der Waals surface area contributed by atoms with Gasteiger partial charge < -0.3 is 15.5 Å². The van der Waals surface area contributed by atoms with E-state index in [2.05, 4.69) is 73.6 Å². The minimum atomic E-state index is 0.573. The van der Waals surface area contributed by atoms with E-state index in [1.54, 1.807) is 12.4 Å². The number of aryl methyl sites for hydroxylation is 1. The van der Waals surface area contributed by atoms with Crippen LogP contribution in [0.15, 0.2) is 67.0 Å². The normalized spacial score (nSPS) is 14.2. The van der Waals surface area contributed by atoms with Crippen LogP contribution in [0.4, 0.5) is 17.3 Å². The van der Waals surface area contributed by atoms with Crippen LogP contribution in [-0.4, -0.2) is 50.6 Å². The number of nitrogens with zero attached hydrogens (tertiary/aromatic N) is 6. The molecule has 0 amide bonds. The number of hydrogen-bond acceptors (Lipinski definition) is 8. The lowest BCUT2D eigenvalue weighted by Gasteiger charge is -2.34. The van der Waals surface area contributed by atoms with Crippen molar-refractivity contribution in [2.45, 2.75) is 46.1 Å². The molecule has 4 heterocycles. The molecule has 1 aliphatic heterocycles. The average molecular weight is 509 g/mol. The van der Waals surface area contributed by atoms with Crippen molar-refractivity contribution in [3.05, 3.63) is 84.1 Å². The Labute approximate surface area is 225 Å². The second-order valence-electron chi connectivity index (χ2n) is 10.3. The van der Waals surface area contributed by atoms with Crippen LogP contribution in [-0.2, 0) is 6.42 Å². The van der Waals surface area contributed by atoms with E-state index in [4.69, 9.17) is 4.98 Å². The molecule has 0 unspecified atom stereocenters. The number of benzene rings is 1. The fourth-order valence-corrected chi connectivity index (χ4v) is 4.66. The number of hydrogen-bond donors (Lipinski definition) is 2. The van der Waals surface area contributed by atoms with Crippen molar-refractivity contribution >= 4 is 17.3 Å². The Kier molecular flexibility index (Phi) is 8.19. The topological polar surface area (TPSA) is 91.8 Å². The Balaban J connectivity index is 1.18. The molecule has 1 aromatic carbocycles. The molecule has 8 nitrogen and oxygen atoms in total. The van der Waals surface area contributed by atoms with Crippen molar-refractivity contribution in [1.29, 1.82) is 0 Å². The third-order valence-electron chi connectivity index (χ3n) is 6.71. The summed E-state index contributed by atoms with van der Waals surface area (Å²) in [7, 11) is 0. The van der Waals surface area contributed by atoms with Crippen molar-refractivity contribution in [1.82, 2.24) is 30.2 Å². The van der Waals surface area contributed by atoms with Gasteiger partial charge in [0.1, 0.15) is 23.2 Å². The third kappa shape index (κ3) is 6.89. The molecular weight excluding hydrogens is 472 g/mol. The summed E-state index contributed by atoms with van der Waals surface area (Å²) in [6, 6.07) is 19.0. The van der Waals surface area contributed by atoms with Crippen molar-refractivity contribution in [2.75, 3.05) is 29.9 Å². The highest BCUT2D eigenvalue weighted by atomic mass is 15.1. The van der Waals surface area contributed by atoms with E-state index in [0.29, 0.717) is 35.8 Å². The van der Waals surface area contributed by atoms with Gasteiger partial charge in [0.25, 0.3) is 0 Å². The van der Waals surface area contributed by atoms with Crippen molar-refractivity contribution in [2.24, 2.45) is 5.92 Å². The largest absolute Gasteiger partial charge is 0.371 e. The van der Waals surface area contributed by atoms with Crippen LogP contribution in [0.3, 0.4) is 0 Å². The van der Waals surface area contributed by atoms with Crippen LogP contribution in [0.25, 0.3) is 11.5 Å². The Hall–Kier alpha value is -3.91. The molecule has 1 aliphatic rings. The van der Waals surface area contributed by atoms with E-state index < -0.39 is 0 Å². The molecule has 0 saturated carbocycles. The highest BCUT2D eigenvalue weighted by molar-refractivity contribution is 5.56. The fourth-order valence-electron chi connectivity index (χ4n) is 4.66. The number of pyridine rings is 1. The monoisotopic (exact) mass is 508 g/mol. The molecule has 196 valence electrons. The summed E-state index contributed by atoms with van der Waals surface area (Å²) in [6.07, 6.45) is 6.55. The Bertz CT molecular complexity index is 1330. The molecule has 3 aromatic heterocycles. The molecule has 1 saturated heterocycles. The number of piperidine rings is 1. The molecule has 0 spiro atoms. The minimum absolute atomic E-state index is 0.573. The lowest BCUT2D eigenvalue weighted by molar-refractivity contribution is 0.392. The first-order valence-corrected chi connectivity index (χ1v) is 13.4. The highest BCUT2D eigenvalue weighted by Gasteiger charge is 2.19. The van der Waals surface area contributed by atoms with Crippen LogP contribution < -0.4 is 15.5 Å². The van der Waals surface area contributed by atoms with Gasteiger partial charge in [0.15, 0.2) is 5.82 Å². The molecular formula is C30H36N8. The Morgan fingerprint density at radius 1 is 0.868 bits per heavy atom. The molecule has 8 heteroatoms. The second-order valence-corrected chi connectivity index (χ2v) is 10.3. The second kappa shape index (κ2) is 12.1. The predicted octanol–water partition coefficient (Wildman–Crippen LogP) is 5.19. The number of rotatable bonds is 9. The van der Waals surface area contributed by atoms with Gasteiger partial charge in [-0.15, -0.1) is 0 Å². The van der Waals surface area contributed by atoms with Gasteiger partial charge >= 0.3 is 0 Å². The van der Waals surface area contributed by atoms with Gasteiger partial charge in [-0.05, 0) is 74.2 Å². The molecule has 2 N–H and O–H groups in total. The zero-order valence-electron chi connectivity index (χ0n) is 22.4. The molecule has 0 atom stereocenters. The molecule has 0 aliphatic carbocycles. The maximum atomic E-state index is 4.71. The predicted molar refractivity (Wildman–Crippen MR) is 153 cm³/mol. The molecule has 5 rings (SSSR count). The summed E-state index contributed by atoms with van der Waals surface area (Å²) in [5.41, 5.74) is 4.15. The van der Waals surface area contributed by atoms with Gasteiger partial charge in [-0.1, -0.05) is 32.0 Å². The smallest absolute Gasteiger partial charge is 0.180 e. The first kappa shape index (κ1) is 25.7. The van der Waals surface area contributed by atoms with Crippen LogP contribution >= 0.6 is 0 Å². The molecule has 4 aromatic rings. The lowest BCUT2D eigenvalue weighted by Crippen LogP contribution is -2.43. The zero-order valence-corrected chi connectivity index (χ0v) is 22.4. The van der Waals surface area contributed by atoms with E-state index in [1.807, 2.05) is 37.3 Å². The van der Waals surface area contributed by atoms with Gasteiger partial charge in [0.05, 0.1) is 0 Å². The van der Waals surface area contributed by atoms with Gasteiger partial charge in [0.2, 0.25) is 0 Å². The van der Waals surface area contributed by atoms with E-state index >= 15 is 0 Å². The maximum Gasteiger partial charge on any atom is 0.180 e.